The third-order valence-electron chi connectivity index (χ3n) is 8.29. The second-order valence-electron chi connectivity index (χ2n) is 10.9. The van der Waals surface area contributed by atoms with Gasteiger partial charge in [0, 0.05) is 32.4 Å². The first kappa shape index (κ1) is 25.4. The maximum absolute atomic E-state index is 13.2. The van der Waals surface area contributed by atoms with Crippen LogP contribution in [0.15, 0.2) is 24.4 Å². The minimum Gasteiger partial charge on any atom is -0.810 e. The highest BCUT2D eigenvalue weighted by molar-refractivity contribution is 7.23. The average molecular weight is 511 g/mol. The number of amides is 1. The summed E-state index contributed by atoms with van der Waals surface area (Å²) in [6, 6.07) is 6.42. The molecule has 1 aromatic carbocycles. The Bertz CT molecular complexity index is 1090. The normalized spacial score (nSPS) is 22.9. The van der Waals surface area contributed by atoms with Crippen LogP contribution >= 0.6 is 9.03 Å². The highest BCUT2D eigenvalue weighted by Gasteiger charge is 2.48. The van der Waals surface area contributed by atoms with Crippen LogP contribution in [0.1, 0.15) is 72.0 Å². The van der Waals surface area contributed by atoms with Crippen molar-refractivity contribution < 1.29 is 14.2 Å². The molecule has 2 heterocycles. The maximum Gasteiger partial charge on any atom is 0.256 e. The lowest BCUT2D eigenvalue weighted by molar-refractivity contribution is -0.173. The molecule has 36 heavy (non-hydrogen) atoms. The zero-order valence-corrected chi connectivity index (χ0v) is 22.3. The van der Waals surface area contributed by atoms with Crippen molar-refractivity contribution in [3.05, 3.63) is 46.6 Å². The van der Waals surface area contributed by atoms with Crippen molar-refractivity contribution >= 4 is 26.7 Å². The van der Waals surface area contributed by atoms with E-state index in [9.17, 15) is 9.69 Å². The highest BCUT2D eigenvalue weighted by atomic mass is 31.1. The van der Waals surface area contributed by atoms with Crippen LogP contribution in [-0.2, 0) is 11.1 Å². The molecule has 3 fully saturated rings. The number of hydrogen-bond acceptors (Lipinski definition) is 7. The molecule has 1 saturated heterocycles. The first-order valence-corrected chi connectivity index (χ1v) is 14.0. The van der Waals surface area contributed by atoms with Gasteiger partial charge in [-0.3, -0.25) is 4.79 Å². The van der Waals surface area contributed by atoms with Gasteiger partial charge in [0.15, 0.2) is 0 Å². The lowest BCUT2D eigenvalue weighted by Crippen LogP contribution is -2.33. The molecule has 0 bridgehead atoms. The smallest absolute Gasteiger partial charge is 0.256 e. The molecule has 1 aromatic heterocycles. The van der Waals surface area contributed by atoms with Gasteiger partial charge in [0.25, 0.3) is 5.91 Å². The third kappa shape index (κ3) is 5.99. The number of carbonyl (C=O) groups excluding carboxylic acids is 1. The number of benzene rings is 1. The van der Waals surface area contributed by atoms with Crippen molar-refractivity contribution in [3.63, 3.8) is 0 Å². The Hall–Kier alpha value is -2.28. The second kappa shape index (κ2) is 11.0. The van der Waals surface area contributed by atoms with Gasteiger partial charge in [0.1, 0.15) is 11.4 Å². The molecule has 1 atom stereocenters. The van der Waals surface area contributed by atoms with Gasteiger partial charge >= 0.3 is 0 Å². The summed E-state index contributed by atoms with van der Waals surface area (Å²) in [6.45, 7) is 7.40. The molecule has 2 N–H and O–H groups in total. The van der Waals surface area contributed by atoms with E-state index in [-0.39, 0.29) is 12.0 Å². The summed E-state index contributed by atoms with van der Waals surface area (Å²) in [6.07, 6.45) is 9.24. The van der Waals surface area contributed by atoms with E-state index in [2.05, 4.69) is 52.6 Å². The van der Waals surface area contributed by atoms with Crippen molar-refractivity contribution in [1.82, 2.24) is 15.3 Å². The number of nitrogens with one attached hydrogen (secondary N) is 2. The maximum atomic E-state index is 13.2. The molecular weight excluding hydrogens is 473 g/mol. The van der Waals surface area contributed by atoms with E-state index in [0.717, 1.165) is 44.3 Å². The molecule has 0 radical (unpaired) electrons. The lowest BCUT2D eigenvalue weighted by Gasteiger charge is -2.29. The van der Waals surface area contributed by atoms with Gasteiger partial charge in [-0.1, -0.05) is 27.2 Å². The highest BCUT2D eigenvalue weighted by Crippen LogP contribution is 2.53. The largest absolute Gasteiger partial charge is 0.810 e. The van der Waals surface area contributed by atoms with E-state index in [4.69, 9.17) is 9.51 Å². The van der Waals surface area contributed by atoms with Crippen LogP contribution in [0.3, 0.4) is 0 Å². The minimum absolute atomic E-state index is 0.0790. The Balaban J connectivity index is 1.27. The number of anilines is 2. The fourth-order valence-corrected chi connectivity index (χ4v) is 5.84. The van der Waals surface area contributed by atoms with E-state index >= 15 is 0 Å². The molecule has 194 valence electrons. The van der Waals surface area contributed by atoms with E-state index in [1.807, 2.05) is 0 Å². The fraction of sp³-hybridized carbons (Fsp3) is 0.593. The Morgan fingerprint density at radius 3 is 2.69 bits per heavy atom. The third-order valence-corrected chi connectivity index (χ3v) is 8.72. The number of nitrogens with zero attached hydrogens (tertiary/aromatic N) is 3. The Morgan fingerprint density at radius 2 is 2.00 bits per heavy atom. The molecule has 2 aliphatic carbocycles. The van der Waals surface area contributed by atoms with Gasteiger partial charge in [0.05, 0.1) is 6.10 Å². The van der Waals surface area contributed by atoms with Crippen LogP contribution in [0, 0.1) is 25.2 Å². The second-order valence-corrected chi connectivity index (χ2v) is 11.3. The Labute approximate surface area is 215 Å². The monoisotopic (exact) mass is 510 g/mol. The summed E-state index contributed by atoms with van der Waals surface area (Å²) in [7, 11) is -0.698. The quantitative estimate of drug-likeness (QED) is 0.494. The minimum atomic E-state index is -0.698. The van der Waals surface area contributed by atoms with Gasteiger partial charge in [-0.25, -0.2) is 4.98 Å². The van der Waals surface area contributed by atoms with E-state index in [1.54, 1.807) is 6.20 Å². The number of carbonyl (C=O) groups is 1. The summed E-state index contributed by atoms with van der Waals surface area (Å²) in [5.41, 5.74) is 4.62. The van der Waals surface area contributed by atoms with Crippen LogP contribution in [0.5, 0.6) is 0 Å². The van der Waals surface area contributed by atoms with Crippen molar-refractivity contribution in [2.75, 3.05) is 29.9 Å². The number of hydrogen-bond donors (Lipinski definition) is 2. The summed E-state index contributed by atoms with van der Waals surface area (Å²) in [5.74, 6) is 1.54. The van der Waals surface area contributed by atoms with Crippen LogP contribution < -0.4 is 20.4 Å². The van der Waals surface area contributed by atoms with E-state index in [1.165, 1.54) is 30.4 Å². The number of aromatic nitrogens is 2. The molecule has 5 rings (SSSR count). The molecule has 1 amide bonds. The van der Waals surface area contributed by atoms with Crippen LogP contribution in [0.2, 0.25) is 0 Å². The zero-order valence-electron chi connectivity index (χ0n) is 21.3. The fourth-order valence-electron chi connectivity index (χ4n) is 5.47. The first-order valence-electron chi connectivity index (χ1n) is 13.2. The van der Waals surface area contributed by atoms with E-state index < -0.39 is 9.03 Å². The average Bonchev–Trinajstić information content (AvgIpc) is 3.52. The summed E-state index contributed by atoms with van der Waals surface area (Å²) >= 11 is 0. The topological polar surface area (TPSA) is 102 Å². The zero-order chi connectivity index (χ0) is 25.1. The summed E-state index contributed by atoms with van der Waals surface area (Å²) < 4.78 is 5.25. The van der Waals surface area contributed by atoms with Crippen molar-refractivity contribution in [1.29, 1.82) is 0 Å². The van der Waals surface area contributed by atoms with Gasteiger partial charge < -0.3 is 25.0 Å². The predicted octanol–water partition coefficient (Wildman–Crippen LogP) is 3.87. The molecular formula is C27H37N5O3P-. The first-order chi connectivity index (χ1) is 17.4. The number of rotatable bonds is 9. The SMILES string of the molecule is Cc1ccc(CNc2nc(N3CCC4(CC4)C3)ncc2C(=O)NCC2CCC(OP[O-])CC2)cc1C. The van der Waals surface area contributed by atoms with Gasteiger partial charge in [-0.05, 0) is 86.8 Å². The van der Waals surface area contributed by atoms with Crippen LogP contribution in [-0.4, -0.2) is 41.6 Å². The molecule has 1 aliphatic heterocycles. The van der Waals surface area contributed by atoms with E-state index in [0.29, 0.717) is 41.8 Å². The standard InChI is InChI=1S/C27H37N5O3P/c1-18-3-4-21(13-19(18)2)15-28-24-23(16-30-26(31-24)32-12-11-27(17-32)9-10-27)25(33)29-14-20-5-7-22(8-6-20)35-36-34/h3-4,13,16,20,22,36H,5-12,14-15,17H2,1-2H3,(H,29,33)(H,28,30,31)/q-1. The molecule has 3 aliphatic rings. The summed E-state index contributed by atoms with van der Waals surface area (Å²) in [5, 5.41) is 6.54. The Morgan fingerprint density at radius 1 is 1.19 bits per heavy atom. The van der Waals surface area contributed by atoms with Gasteiger partial charge in [-0.2, -0.15) is 4.98 Å². The Kier molecular flexibility index (Phi) is 7.75. The molecule has 1 unspecified atom stereocenters. The van der Waals surface area contributed by atoms with Crippen molar-refractivity contribution in [3.8, 4) is 0 Å². The molecule has 9 heteroatoms. The predicted molar refractivity (Wildman–Crippen MR) is 141 cm³/mol. The van der Waals surface area contributed by atoms with Crippen molar-refractivity contribution in [2.24, 2.45) is 11.3 Å². The molecule has 1 spiro atoms. The molecule has 2 aromatic rings. The molecule has 8 nitrogen and oxygen atoms in total. The van der Waals surface area contributed by atoms with Crippen LogP contribution in [0.4, 0.5) is 11.8 Å². The van der Waals surface area contributed by atoms with Crippen LogP contribution in [0.25, 0.3) is 0 Å². The van der Waals surface area contributed by atoms with Gasteiger partial charge in [0.2, 0.25) is 5.95 Å². The molecule has 2 saturated carbocycles. The lowest BCUT2D eigenvalue weighted by atomic mass is 9.87. The van der Waals surface area contributed by atoms with Gasteiger partial charge in [-0.15, -0.1) is 0 Å². The van der Waals surface area contributed by atoms with Crippen molar-refractivity contribution in [2.45, 2.75) is 71.4 Å². The number of aryl methyl sites for hydroxylation is 2. The summed E-state index contributed by atoms with van der Waals surface area (Å²) in [4.78, 5) is 35.7.